The van der Waals surface area contributed by atoms with Crippen LogP contribution in [0.4, 0.5) is 0 Å². The number of benzene rings is 2. The van der Waals surface area contributed by atoms with Gasteiger partial charge in [0, 0.05) is 5.75 Å². The van der Waals surface area contributed by atoms with Crippen LogP contribution in [0.2, 0.25) is 0 Å². The molecule has 0 amide bonds. The Morgan fingerprint density at radius 2 is 1.15 bits per heavy atom. The number of halogens is 1. The van der Waals surface area contributed by atoms with Gasteiger partial charge in [-0.05, 0) is 44.5 Å². The molecule has 0 spiro atoms. The van der Waals surface area contributed by atoms with Gasteiger partial charge in [-0.15, -0.1) is 0 Å². The molecule has 2 aromatic carbocycles. The molecule has 0 unspecified atom stereocenters. The van der Waals surface area contributed by atoms with E-state index in [-0.39, 0.29) is 27.0 Å². The molecular weight excluding hydrogens is 471 g/mol. The van der Waals surface area contributed by atoms with E-state index in [4.69, 9.17) is 0 Å². The Hall–Kier alpha value is -0.920. The summed E-state index contributed by atoms with van der Waals surface area (Å²) < 4.78 is 33.5. The highest BCUT2D eigenvalue weighted by Gasteiger charge is 2.13. The minimum atomic E-state index is -3.97. The molecule has 0 bridgehead atoms. The van der Waals surface area contributed by atoms with Gasteiger partial charge >= 0.3 is 21.2 Å². The van der Waals surface area contributed by atoms with E-state index in [9.17, 15) is 13.0 Å². The first-order chi connectivity index (χ1) is 12.8. The maximum absolute atomic E-state index is 10.2. The number of rotatable bonds is 9. The van der Waals surface area contributed by atoms with Crippen LogP contribution in [0.1, 0.15) is 56.6 Å². The van der Waals surface area contributed by atoms with Crippen molar-refractivity contribution in [2.75, 3.05) is 5.75 Å². The second kappa shape index (κ2) is 13.3. The van der Waals surface area contributed by atoms with Gasteiger partial charge in [-0.25, -0.2) is 8.42 Å². The molecule has 0 fully saturated rings. The second-order valence-corrected chi connectivity index (χ2v) is 11.3. The third kappa shape index (κ3) is 13.0. The lowest BCUT2D eigenvalue weighted by molar-refractivity contribution is -0.597. The van der Waals surface area contributed by atoms with Crippen LogP contribution in [0, 0.1) is 21.0 Å². The summed E-state index contributed by atoms with van der Waals surface area (Å²) >= 11 is 0.00313. The van der Waals surface area contributed by atoms with Crippen molar-refractivity contribution in [3.63, 3.8) is 0 Å². The van der Waals surface area contributed by atoms with Crippen molar-refractivity contribution in [1.82, 2.24) is 0 Å². The normalized spacial score (nSPS) is 11.0. The molecule has 0 heterocycles. The number of hydrogen-bond donors (Lipinski definition) is 0. The lowest BCUT2D eigenvalue weighted by atomic mass is 10.1. The molecule has 0 aliphatic rings. The maximum atomic E-state index is 10.2. The van der Waals surface area contributed by atoms with Crippen LogP contribution < -0.4 is 21.2 Å². The van der Waals surface area contributed by atoms with Gasteiger partial charge in [-0.1, -0.05) is 74.4 Å². The molecule has 2 rings (SSSR count). The fraction of sp³-hybridized carbons (Fsp3) is 0.455. The SMILES string of the molecule is CCCCCCCCS(=O)(=O)[O-].Cc1ccc([I+]c2ccc(C)cc2)cc1. The van der Waals surface area contributed by atoms with Gasteiger partial charge in [0.2, 0.25) is 0 Å². The predicted octanol–water partition coefficient (Wildman–Crippen LogP) is 2.32. The van der Waals surface area contributed by atoms with Crippen LogP contribution in [-0.2, 0) is 10.1 Å². The van der Waals surface area contributed by atoms with Gasteiger partial charge < -0.3 is 4.55 Å². The minimum absolute atomic E-state index is 0.00313. The van der Waals surface area contributed by atoms with Crippen molar-refractivity contribution < 1.29 is 34.2 Å². The third-order valence-electron chi connectivity index (χ3n) is 3.99. The van der Waals surface area contributed by atoms with Crippen LogP contribution in [0.5, 0.6) is 0 Å². The highest BCUT2D eigenvalue weighted by atomic mass is 127. The van der Waals surface area contributed by atoms with E-state index < -0.39 is 10.1 Å². The van der Waals surface area contributed by atoms with Gasteiger partial charge in [0.05, 0.1) is 10.1 Å². The summed E-state index contributed by atoms with van der Waals surface area (Å²) in [4.78, 5) is 0. The van der Waals surface area contributed by atoms with Crippen molar-refractivity contribution in [2.24, 2.45) is 0 Å². The smallest absolute Gasteiger partial charge is 0.357 e. The summed E-state index contributed by atoms with van der Waals surface area (Å²) in [6, 6.07) is 17.8. The molecule has 3 nitrogen and oxygen atoms in total. The largest absolute Gasteiger partial charge is 0.748 e. The monoisotopic (exact) mass is 502 g/mol. The Morgan fingerprint density at radius 1 is 0.741 bits per heavy atom. The molecule has 27 heavy (non-hydrogen) atoms. The van der Waals surface area contributed by atoms with Gasteiger partial charge in [0.25, 0.3) is 0 Å². The zero-order valence-electron chi connectivity index (χ0n) is 16.6. The molecule has 150 valence electrons. The van der Waals surface area contributed by atoms with Crippen LogP contribution in [0.3, 0.4) is 0 Å². The molecular formula is C22H31IO3S. The van der Waals surface area contributed by atoms with Gasteiger partial charge in [-0.2, -0.15) is 0 Å². The molecule has 0 N–H and O–H groups in total. The molecule has 0 aliphatic heterocycles. The zero-order valence-corrected chi connectivity index (χ0v) is 19.6. The minimum Gasteiger partial charge on any atom is -0.748 e. The second-order valence-electron chi connectivity index (χ2n) is 6.72. The van der Waals surface area contributed by atoms with Gasteiger partial charge in [0.1, 0.15) is 0 Å². The fourth-order valence-electron chi connectivity index (χ4n) is 2.38. The van der Waals surface area contributed by atoms with Gasteiger partial charge in [0.15, 0.2) is 7.14 Å². The van der Waals surface area contributed by atoms with Gasteiger partial charge in [-0.3, -0.25) is 0 Å². The quantitative estimate of drug-likeness (QED) is 0.301. The molecule has 0 atom stereocenters. The van der Waals surface area contributed by atoms with E-state index in [1.807, 2.05) is 0 Å². The summed E-state index contributed by atoms with van der Waals surface area (Å²) in [7, 11) is -3.97. The third-order valence-corrected chi connectivity index (χ3v) is 7.46. The summed E-state index contributed by atoms with van der Waals surface area (Å²) in [6.07, 6.45) is 5.96. The summed E-state index contributed by atoms with van der Waals surface area (Å²) in [5, 5.41) is 0. The fourth-order valence-corrected chi connectivity index (χ4v) is 5.09. The highest BCUT2D eigenvalue weighted by Crippen LogP contribution is 2.05. The van der Waals surface area contributed by atoms with Crippen molar-refractivity contribution in [2.45, 2.75) is 59.3 Å². The average Bonchev–Trinajstić information content (AvgIpc) is 2.62. The van der Waals surface area contributed by atoms with Crippen LogP contribution in [0.15, 0.2) is 48.5 Å². The van der Waals surface area contributed by atoms with Crippen LogP contribution in [0.25, 0.3) is 0 Å². The molecule has 0 radical (unpaired) electrons. The Kier molecular flexibility index (Phi) is 11.9. The lowest BCUT2D eigenvalue weighted by Crippen LogP contribution is -3.61. The Morgan fingerprint density at radius 3 is 1.56 bits per heavy atom. The summed E-state index contributed by atoms with van der Waals surface area (Å²) in [5.41, 5.74) is 2.68. The molecule has 0 saturated carbocycles. The summed E-state index contributed by atoms with van der Waals surface area (Å²) in [5.74, 6) is -0.195. The van der Waals surface area contributed by atoms with E-state index in [0.717, 1.165) is 19.3 Å². The molecule has 2 aromatic rings. The molecule has 0 saturated heterocycles. The summed E-state index contributed by atoms with van der Waals surface area (Å²) in [6.45, 7) is 6.39. The Balaban J connectivity index is 0.000000279. The first-order valence-electron chi connectivity index (χ1n) is 9.52. The average molecular weight is 502 g/mol. The highest BCUT2D eigenvalue weighted by molar-refractivity contribution is 7.85. The number of unbranched alkanes of at least 4 members (excludes halogenated alkanes) is 5. The predicted molar refractivity (Wildman–Crippen MR) is 108 cm³/mol. The van der Waals surface area contributed by atoms with Crippen molar-refractivity contribution >= 4 is 10.1 Å². The first kappa shape index (κ1) is 24.1. The molecule has 0 aromatic heterocycles. The van der Waals surface area contributed by atoms with Crippen LogP contribution in [-0.4, -0.2) is 18.7 Å². The van der Waals surface area contributed by atoms with Crippen molar-refractivity contribution in [1.29, 1.82) is 0 Å². The van der Waals surface area contributed by atoms with Crippen molar-refractivity contribution in [3.05, 3.63) is 66.8 Å². The topological polar surface area (TPSA) is 57.2 Å². The van der Waals surface area contributed by atoms with E-state index in [1.165, 1.54) is 31.1 Å². The number of aryl methyl sites for hydroxylation is 2. The maximum Gasteiger partial charge on any atom is 0.357 e. The van der Waals surface area contributed by atoms with E-state index >= 15 is 0 Å². The van der Waals surface area contributed by atoms with E-state index in [1.54, 1.807) is 0 Å². The zero-order chi connectivity index (χ0) is 20.1. The van der Waals surface area contributed by atoms with Crippen LogP contribution >= 0.6 is 0 Å². The number of hydrogen-bond acceptors (Lipinski definition) is 3. The first-order valence-corrected chi connectivity index (χ1v) is 13.3. The lowest BCUT2D eigenvalue weighted by Gasteiger charge is -2.05. The van der Waals surface area contributed by atoms with E-state index in [0.29, 0.717) is 6.42 Å². The molecule has 5 heteroatoms. The Labute approximate surface area is 175 Å². The molecule has 0 aliphatic carbocycles. The van der Waals surface area contributed by atoms with Crippen molar-refractivity contribution in [3.8, 4) is 0 Å². The standard InChI is InChI=1S/C14H14I.C8H18O3S/c1-11-3-7-13(8-4-11)15-14-9-5-12(2)6-10-14;1-2-3-4-5-6-7-8-12(9,10)11/h3-10H,1-2H3;2-8H2,1H3,(H,9,10,11)/q+1;/p-1. The van der Waals surface area contributed by atoms with E-state index in [2.05, 4.69) is 69.3 Å². The Bertz CT molecular complexity index is 695.